The van der Waals surface area contributed by atoms with E-state index in [9.17, 15) is 9.59 Å². The Labute approximate surface area is 182 Å². The molecule has 0 fully saturated rings. The number of nitrogens with zero attached hydrogens (tertiary/aromatic N) is 5. The highest BCUT2D eigenvalue weighted by atomic mass is 16.2. The van der Waals surface area contributed by atoms with E-state index in [0.717, 1.165) is 17.9 Å². The molecule has 0 spiro atoms. The van der Waals surface area contributed by atoms with Crippen molar-refractivity contribution in [3.63, 3.8) is 0 Å². The zero-order valence-electron chi connectivity index (χ0n) is 18.7. The largest absolute Gasteiger partial charge is 0.373 e. The summed E-state index contributed by atoms with van der Waals surface area (Å²) >= 11 is 0. The van der Waals surface area contributed by atoms with Crippen molar-refractivity contribution in [2.24, 2.45) is 16.1 Å². The molecule has 3 aliphatic rings. The highest BCUT2D eigenvalue weighted by Gasteiger charge is 2.45. The van der Waals surface area contributed by atoms with E-state index in [-0.39, 0.29) is 11.3 Å². The molecule has 0 saturated carbocycles. The summed E-state index contributed by atoms with van der Waals surface area (Å²) in [5.41, 5.74) is 10.1. The number of hydrogen-bond acceptors (Lipinski definition) is 6. The lowest BCUT2D eigenvalue weighted by atomic mass is 9.84. The molecule has 164 valence electrons. The molecule has 0 unspecified atom stereocenters. The van der Waals surface area contributed by atoms with Crippen LogP contribution in [-0.4, -0.2) is 57.0 Å². The molecule has 31 heavy (non-hydrogen) atoms. The smallest absolute Gasteiger partial charge is 0.276 e. The minimum absolute atomic E-state index is 0.166. The van der Waals surface area contributed by atoms with Crippen molar-refractivity contribution >= 4 is 17.8 Å². The monoisotopic (exact) mass is 423 g/mol. The van der Waals surface area contributed by atoms with Gasteiger partial charge in [0.05, 0.1) is 17.0 Å². The second-order valence-electron chi connectivity index (χ2n) is 8.70. The van der Waals surface area contributed by atoms with E-state index >= 15 is 0 Å². The van der Waals surface area contributed by atoms with Gasteiger partial charge in [0.2, 0.25) is 5.96 Å². The molecule has 0 radical (unpaired) electrons. The molecule has 3 N–H and O–H groups in total. The maximum absolute atomic E-state index is 13.0. The Morgan fingerprint density at radius 3 is 2.65 bits per heavy atom. The van der Waals surface area contributed by atoms with Crippen molar-refractivity contribution in [2.75, 3.05) is 19.6 Å². The van der Waals surface area contributed by atoms with Crippen molar-refractivity contribution in [3.8, 4) is 0 Å². The third-order valence-corrected chi connectivity index (χ3v) is 6.05. The standard InChI is InChI=1S/C22H29N7O2/c1-6-27-10-15(19(23)30)14-9-24-21(28-12-22(4,5)16(11-27)18(14)28)25-20(31)17-8-13(3)26-29(17)7-2/h8-10H,6-7,11-12H2,1-5H3,(H2,23,30)(H,24,25,31). The third kappa shape index (κ3) is 3.43. The minimum atomic E-state index is -0.492. The van der Waals surface area contributed by atoms with Gasteiger partial charge in [-0.25, -0.2) is 4.99 Å². The van der Waals surface area contributed by atoms with Gasteiger partial charge >= 0.3 is 0 Å². The van der Waals surface area contributed by atoms with Gasteiger partial charge in [0, 0.05) is 49.6 Å². The number of rotatable bonds is 4. The summed E-state index contributed by atoms with van der Waals surface area (Å²) in [7, 11) is 0. The fraction of sp³-hybridized carbons (Fsp3) is 0.455. The molecule has 2 amide bonds. The van der Waals surface area contributed by atoms with Crippen molar-refractivity contribution < 1.29 is 9.59 Å². The summed E-state index contributed by atoms with van der Waals surface area (Å²) < 4.78 is 1.67. The third-order valence-electron chi connectivity index (χ3n) is 6.05. The second kappa shape index (κ2) is 7.40. The van der Waals surface area contributed by atoms with Crippen LogP contribution in [0.1, 0.15) is 43.9 Å². The molecule has 9 heteroatoms. The number of aromatic nitrogens is 2. The first-order valence-electron chi connectivity index (χ1n) is 10.6. The van der Waals surface area contributed by atoms with Gasteiger partial charge in [0.15, 0.2) is 0 Å². The van der Waals surface area contributed by atoms with Crippen LogP contribution in [0.2, 0.25) is 0 Å². The molecule has 4 heterocycles. The van der Waals surface area contributed by atoms with Crippen LogP contribution in [0, 0.1) is 12.3 Å². The molecule has 3 aliphatic heterocycles. The number of nitrogens with one attached hydrogen (secondary N) is 1. The van der Waals surface area contributed by atoms with E-state index in [4.69, 9.17) is 5.73 Å². The first kappa shape index (κ1) is 20.9. The molecule has 0 aromatic carbocycles. The van der Waals surface area contributed by atoms with Gasteiger partial charge in [-0.1, -0.05) is 13.8 Å². The molecule has 1 aromatic heterocycles. The van der Waals surface area contributed by atoms with Crippen LogP contribution < -0.4 is 11.1 Å². The lowest BCUT2D eigenvalue weighted by Crippen LogP contribution is -2.46. The summed E-state index contributed by atoms with van der Waals surface area (Å²) in [6, 6.07) is 1.76. The Kier molecular flexibility index (Phi) is 4.99. The molecule has 0 aliphatic carbocycles. The first-order chi connectivity index (χ1) is 14.7. The molecular formula is C22H29N7O2. The molecule has 9 nitrogen and oxygen atoms in total. The Morgan fingerprint density at radius 2 is 2.00 bits per heavy atom. The molecular weight excluding hydrogens is 394 g/mol. The maximum Gasteiger partial charge on any atom is 0.276 e. The van der Waals surface area contributed by atoms with E-state index in [1.54, 1.807) is 16.9 Å². The highest BCUT2D eigenvalue weighted by Crippen LogP contribution is 2.46. The minimum Gasteiger partial charge on any atom is -0.373 e. The number of amides is 2. The summed E-state index contributed by atoms with van der Waals surface area (Å²) in [4.78, 5) is 33.9. The number of hydrogen-bond donors (Lipinski definition) is 2. The van der Waals surface area contributed by atoms with Crippen LogP contribution in [0.3, 0.4) is 0 Å². The summed E-state index contributed by atoms with van der Waals surface area (Å²) in [6.45, 7) is 12.9. The van der Waals surface area contributed by atoms with Gasteiger partial charge in [-0.15, -0.1) is 0 Å². The van der Waals surface area contributed by atoms with Gasteiger partial charge < -0.3 is 15.5 Å². The highest BCUT2D eigenvalue weighted by molar-refractivity contribution is 6.07. The Morgan fingerprint density at radius 1 is 1.26 bits per heavy atom. The van der Waals surface area contributed by atoms with Gasteiger partial charge in [-0.3, -0.25) is 19.6 Å². The van der Waals surface area contributed by atoms with Crippen LogP contribution in [0.15, 0.2) is 45.9 Å². The molecule has 4 rings (SSSR count). The molecule has 0 saturated heterocycles. The molecule has 0 bridgehead atoms. The van der Waals surface area contributed by atoms with Crippen molar-refractivity contribution in [1.82, 2.24) is 24.9 Å². The summed E-state index contributed by atoms with van der Waals surface area (Å²) in [6.07, 6.45) is 3.46. The van der Waals surface area contributed by atoms with Crippen LogP contribution >= 0.6 is 0 Å². The molecule has 1 aromatic rings. The van der Waals surface area contributed by atoms with E-state index < -0.39 is 5.91 Å². The van der Waals surface area contributed by atoms with Gasteiger partial charge in [-0.05, 0) is 32.4 Å². The predicted octanol–water partition coefficient (Wildman–Crippen LogP) is 1.50. The number of guanidine groups is 1. The topological polar surface area (TPSA) is 109 Å². The summed E-state index contributed by atoms with van der Waals surface area (Å²) in [5, 5.41) is 7.32. The predicted molar refractivity (Wildman–Crippen MR) is 118 cm³/mol. The second-order valence-corrected chi connectivity index (χ2v) is 8.70. The summed E-state index contributed by atoms with van der Waals surface area (Å²) in [5.74, 6) is -0.311. The Bertz CT molecular complexity index is 1090. The van der Waals surface area contributed by atoms with Crippen LogP contribution in [0.4, 0.5) is 0 Å². The average Bonchev–Trinajstić information content (AvgIpc) is 3.14. The number of primary amides is 1. The number of carbonyl (C=O) groups excluding carboxylic acids is 2. The van der Waals surface area contributed by atoms with Gasteiger partial charge in [0.1, 0.15) is 5.69 Å². The van der Waals surface area contributed by atoms with Crippen molar-refractivity contribution in [2.45, 2.75) is 41.2 Å². The van der Waals surface area contributed by atoms with E-state index in [2.05, 4.69) is 34.2 Å². The SMILES string of the molecule is CCN1C=C(C(N)=O)C2=CN=C(NC(=O)c3cc(C)nn3CC)N3CC(C)(C)C(=C23)C1. The number of aliphatic imine (C=N–C) groups is 1. The van der Waals surface area contributed by atoms with Crippen LogP contribution in [0.25, 0.3) is 0 Å². The fourth-order valence-corrected chi connectivity index (χ4v) is 4.42. The lowest BCUT2D eigenvalue weighted by molar-refractivity contribution is -0.114. The average molecular weight is 424 g/mol. The lowest BCUT2D eigenvalue weighted by Gasteiger charge is -2.30. The normalized spacial score (nSPS) is 19.5. The van der Waals surface area contributed by atoms with E-state index in [1.165, 1.54) is 5.57 Å². The van der Waals surface area contributed by atoms with Crippen molar-refractivity contribution in [1.29, 1.82) is 0 Å². The number of nitrogens with two attached hydrogens (primary N) is 1. The zero-order chi connectivity index (χ0) is 22.5. The van der Waals surface area contributed by atoms with Crippen molar-refractivity contribution in [3.05, 3.63) is 52.3 Å². The Balaban J connectivity index is 1.76. The Hall–Kier alpha value is -3.36. The number of aryl methyl sites for hydroxylation is 2. The van der Waals surface area contributed by atoms with Crippen LogP contribution in [0.5, 0.6) is 0 Å². The maximum atomic E-state index is 13.0. The van der Waals surface area contributed by atoms with Crippen LogP contribution in [-0.2, 0) is 11.3 Å². The first-order valence-corrected chi connectivity index (χ1v) is 10.6. The number of likely N-dealkylation sites (N-methyl/N-ethyl adjacent to an activating group) is 1. The zero-order valence-corrected chi connectivity index (χ0v) is 18.7. The fourth-order valence-electron chi connectivity index (χ4n) is 4.42. The number of allylic oxidation sites excluding steroid dienone is 1. The van der Waals surface area contributed by atoms with E-state index in [1.807, 2.05) is 31.9 Å². The van der Waals surface area contributed by atoms with Gasteiger partial charge in [0.25, 0.3) is 11.8 Å². The quantitative estimate of drug-likeness (QED) is 0.763. The number of carbonyl (C=O) groups is 2. The van der Waals surface area contributed by atoms with Gasteiger partial charge in [-0.2, -0.15) is 5.10 Å². The molecule has 0 atom stereocenters. The van der Waals surface area contributed by atoms with E-state index in [0.29, 0.717) is 42.4 Å².